The summed E-state index contributed by atoms with van der Waals surface area (Å²) in [6, 6.07) is 1.69. The van der Waals surface area contributed by atoms with Crippen LogP contribution in [0.4, 0.5) is 5.88 Å². The van der Waals surface area contributed by atoms with Crippen molar-refractivity contribution in [2.24, 2.45) is 0 Å². The molecule has 0 saturated carbocycles. The highest BCUT2D eigenvalue weighted by atomic mass is 16.5. The van der Waals surface area contributed by atoms with Crippen LogP contribution in [0.3, 0.4) is 0 Å². The molecule has 1 heterocycles. The van der Waals surface area contributed by atoms with E-state index in [9.17, 15) is 0 Å². The van der Waals surface area contributed by atoms with E-state index in [1.807, 2.05) is 13.8 Å². The Morgan fingerprint density at radius 1 is 1.67 bits per heavy atom. The van der Waals surface area contributed by atoms with Gasteiger partial charge in [0.1, 0.15) is 0 Å². The highest BCUT2D eigenvalue weighted by Crippen LogP contribution is 2.26. The summed E-state index contributed by atoms with van der Waals surface area (Å²) in [4.78, 5) is 0. The van der Waals surface area contributed by atoms with Gasteiger partial charge < -0.3 is 15.4 Å². The number of hydrogen-bond donors (Lipinski definition) is 2. The maximum Gasteiger partial charge on any atom is 0.222 e. The van der Waals surface area contributed by atoms with Gasteiger partial charge in [-0.15, -0.1) is 0 Å². The zero-order valence-electron chi connectivity index (χ0n) is 7.37. The fraction of sp³-hybridized carbons (Fsp3) is 0.625. The van der Waals surface area contributed by atoms with Gasteiger partial charge in [0.05, 0.1) is 5.69 Å². The van der Waals surface area contributed by atoms with Crippen LogP contribution < -0.4 is 5.73 Å². The Morgan fingerprint density at radius 2 is 2.33 bits per heavy atom. The van der Waals surface area contributed by atoms with Crippen molar-refractivity contribution in [3.63, 3.8) is 0 Å². The number of nitrogen functional groups attached to an aromatic ring is 1. The topological polar surface area (TPSA) is 72.3 Å². The van der Waals surface area contributed by atoms with Crippen LogP contribution in [0.15, 0.2) is 10.6 Å². The van der Waals surface area contributed by atoms with Crippen LogP contribution >= 0.6 is 0 Å². The molecule has 0 aliphatic carbocycles. The number of aliphatic hydroxyl groups excluding tert-OH is 1. The molecule has 0 saturated heterocycles. The first kappa shape index (κ1) is 9.06. The molecule has 4 heteroatoms. The molecule has 0 aromatic carbocycles. The zero-order chi connectivity index (χ0) is 9.19. The first-order chi connectivity index (χ1) is 5.56. The lowest BCUT2D eigenvalue weighted by atomic mass is 9.86. The van der Waals surface area contributed by atoms with Crippen molar-refractivity contribution in [2.45, 2.75) is 25.7 Å². The first-order valence-corrected chi connectivity index (χ1v) is 3.90. The summed E-state index contributed by atoms with van der Waals surface area (Å²) in [6.45, 7) is 4.11. The van der Waals surface area contributed by atoms with Crippen LogP contribution in [0.2, 0.25) is 0 Å². The number of nitrogens with two attached hydrogens (primary N) is 1. The molecule has 68 valence electrons. The van der Waals surface area contributed by atoms with Crippen molar-refractivity contribution in [2.75, 3.05) is 12.3 Å². The van der Waals surface area contributed by atoms with E-state index in [1.54, 1.807) is 6.07 Å². The Labute approximate surface area is 71.4 Å². The van der Waals surface area contributed by atoms with E-state index in [2.05, 4.69) is 5.16 Å². The minimum atomic E-state index is -0.171. The van der Waals surface area contributed by atoms with Gasteiger partial charge in [-0.1, -0.05) is 19.0 Å². The molecule has 0 aliphatic heterocycles. The average Bonchev–Trinajstić information content (AvgIpc) is 2.36. The molecule has 0 atom stereocenters. The van der Waals surface area contributed by atoms with Crippen molar-refractivity contribution < 1.29 is 9.63 Å². The molecule has 0 bridgehead atoms. The number of hydrogen-bond acceptors (Lipinski definition) is 4. The number of aromatic nitrogens is 1. The largest absolute Gasteiger partial charge is 0.396 e. The van der Waals surface area contributed by atoms with Crippen LogP contribution in [-0.2, 0) is 5.41 Å². The second kappa shape index (κ2) is 3.15. The fourth-order valence-electron chi connectivity index (χ4n) is 1.02. The molecule has 0 radical (unpaired) electrons. The highest BCUT2D eigenvalue weighted by molar-refractivity contribution is 5.28. The van der Waals surface area contributed by atoms with Gasteiger partial charge in [0, 0.05) is 18.1 Å². The Morgan fingerprint density at radius 3 is 2.75 bits per heavy atom. The van der Waals surface area contributed by atoms with Crippen molar-refractivity contribution in [3.8, 4) is 0 Å². The van der Waals surface area contributed by atoms with Crippen molar-refractivity contribution in [3.05, 3.63) is 11.8 Å². The molecule has 0 spiro atoms. The van der Waals surface area contributed by atoms with Crippen LogP contribution in [0.25, 0.3) is 0 Å². The van der Waals surface area contributed by atoms with E-state index in [0.29, 0.717) is 12.3 Å². The van der Waals surface area contributed by atoms with Crippen LogP contribution in [0, 0.1) is 0 Å². The fourth-order valence-corrected chi connectivity index (χ4v) is 1.02. The summed E-state index contributed by atoms with van der Waals surface area (Å²) in [5, 5.41) is 12.6. The van der Waals surface area contributed by atoms with Gasteiger partial charge in [-0.05, 0) is 6.42 Å². The van der Waals surface area contributed by atoms with Gasteiger partial charge in [-0.2, -0.15) is 0 Å². The van der Waals surface area contributed by atoms with Gasteiger partial charge in [-0.3, -0.25) is 0 Å². The summed E-state index contributed by atoms with van der Waals surface area (Å²) in [5.74, 6) is 0.316. The van der Waals surface area contributed by atoms with Gasteiger partial charge in [-0.25, -0.2) is 0 Å². The lowest BCUT2D eigenvalue weighted by Gasteiger charge is -2.19. The number of rotatable bonds is 3. The zero-order valence-corrected chi connectivity index (χ0v) is 7.37. The summed E-state index contributed by atoms with van der Waals surface area (Å²) >= 11 is 0. The van der Waals surface area contributed by atoms with Crippen molar-refractivity contribution in [1.29, 1.82) is 0 Å². The van der Waals surface area contributed by atoms with E-state index in [-0.39, 0.29) is 12.0 Å². The third kappa shape index (κ3) is 1.76. The minimum Gasteiger partial charge on any atom is -0.396 e. The average molecular weight is 170 g/mol. The van der Waals surface area contributed by atoms with E-state index >= 15 is 0 Å². The van der Waals surface area contributed by atoms with Crippen molar-refractivity contribution in [1.82, 2.24) is 5.16 Å². The minimum absolute atomic E-state index is 0.139. The summed E-state index contributed by atoms with van der Waals surface area (Å²) in [6.07, 6.45) is 0.652. The highest BCUT2D eigenvalue weighted by Gasteiger charge is 2.23. The van der Waals surface area contributed by atoms with Gasteiger partial charge in [0.25, 0.3) is 0 Å². The quantitative estimate of drug-likeness (QED) is 0.707. The standard InChI is InChI=1S/C8H14N2O2/c1-8(2,3-4-11)6-5-7(9)12-10-6/h5,11H,3-4,9H2,1-2H3. The molecule has 0 fully saturated rings. The maximum atomic E-state index is 8.78. The molecule has 1 rings (SSSR count). The van der Waals surface area contributed by atoms with Crippen LogP contribution in [0.1, 0.15) is 26.0 Å². The molecule has 12 heavy (non-hydrogen) atoms. The first-order valence-electron chi connectivity index (χ1n) is 3.90. The lowest BCUT2D eigenvalue weighted by Crippen LogP contribution is -2.19. The van der Waals surface area contributed by atoms with Gasteiger partial charge in [0.15, 0.2) is 0 Å². The molecule has 0 unspecified atom stereocenters. The third-order valence-electron chi connectivity index (χ3n) is 1.96. The van der Waals surface area contributed by atoms with Gasteiger partial charge >= 0.3 is 0 Å². The summed E-state index contributed by atoms with van der Waals surface area (Å²) < 4.78 is 4.74. The molecule has 0 amide bonds. The Balaban J connectivity index is 2.81. The molecule has 3 N–H and O–H groups in total. The number of anilines is 1. The van der Waals surface area contributed by atoms with Crippen molar-refractivity contribution >= 4 is 5.88 Å². The van der Waals surface area contributed by atoms with E-state index in [0.717, 1.165) is 5.69 Å². The predicted molar refractivity (Wildman–Crippen MR) is 45.6 cm³/mol. The Kier molecular flexibility index (Phi) is 2.38. The summed E-state index contributed by atoms with van der Waals surface area (Å²) in [7, 11) is 0. The molecule has 4 nitrogen and oxygen atoms in total. The van der Waals surface area contributed by atoms with E-state index in [4.69, 9.17) is 15.4 Å². The number of nitrogens with zero attached hydrogens (tertiary/aromatic N) is 1. The van der Waals surface area contributed by atoms with Crippen LogP contribution in [0.5, 0.6) is 0 Å². The molecule has 0 aliphatic rings. The molecular weight excluding hydrogens is 156 g/mol. The Hall–Kier alpha value is -1.03. The monoisotopic (exact) mass is 170 g/mol. The normalized spacial score (nSPS) is 11.9. The molecule has 1 aromatic rings. The second-order valence-corrected chi connectivity index (χ2v) is 3.47. The molecular formula is C8H14N2O2. The van der Waals surface area contributed by atoms with E-state index in [1.165, 1.54) is 0 Å². The van der Waals surface area contributed by atoms with E-state index < -0.39 is 0 Å². The summed E-state index contributed by atoms with van der Waals surface area (Å²) in [5.41, 5.74) is 6.00. The Bertz CT molecular complexity index is 255. The predicted octanol–water partition coefficient (Wildman–Crippen LogP) is 0.917. The smallest absolute Gasteiger partial charge is 0.222 e. The maximum absolute atomic E-state index is 8.78. The second-order valence-electron chi connectivity index (χ2n) is 3.47. The SMILES string of the molecule is CC(C)(CCO)c1cc(N)on1. The molecule has 1 aromatic heterocycles. The van der Waals surface area contributed by atoms with Crippen LogP contribution in [-0.4, -0.2) is 16.9 Å². The van der Waals surface area contributed by atoms with Gasteiger partial charge in [0.2, 0.25) is 5.88 Å². The number of aliphatic hydroxyl groups is 1. The lowest BCUT2D eigenvalue weighted by molar-refractivity contribution is 0.247. The third-order valence-corrected chi connectivity index (χ3v) is 1.96.